The highest BCUT2D eigenvalue weighted by Gasteiger charge is 2.28. The summed E-state index contributed by atoms with van der Waals surface area (Å²) >= 11 is 6.34. The second-order valence-electron chi connectivity index (χ2n) is 9.84. The van der Waals surface area contributed by atoms with Gasteiger partial charge >= 0.3 is 6.09 Å². The molecular formula is C23H29ClN8O3. The van der Waals surface area contributed by atoms with E-state index < -0.39 is 5.60 Å². The number of halogens is 1. The predicted octanol–water partition coefficient (Wildman–Crippen LogP) is 2.54. The second-order valence-corrected chi connectivity index (χ2v) is 10.2. The van der Waals surface area contributed by atoms with Crippen LogP contribution in [0.5, 0.6) is 0 Å². The summed E-state index contributed by atoms with van der Waals surface area (Å²) in [5.41, 5.74) is 1.69. The molecule has 2 amide bonds. The van der Waals surface area contributed by atoms with Crippen molar-refractivity contribution in [1.29, 1.82) is 0 Å². The Hall–Kier alpha value is -3.34. The third-order valence-corrected chi connectivity index (χ3v) is 6.38. The van der Waals surface area contributed by atoms with Crippen LogP contribution >= 0.6 is 11.6 Å². The summed E-state index contributed by atoms with van der Waals surface area (Å²) in [5.74, 6) is 0.748. The Bertz CT molecular complexity index is 1250. The summed E-state index contributed by atoms with van der Waals surface area (Å²) < 4.78 is 8.86. The molecule has 0 aromatic carbocycles. The first-order valence-electron chi connectivity index (χ1n) is 11.7. The number of piperazine rings is 1. The van der Waals surface area contributed by atoms with Crippen LogP contribution in [0.3, 0.4) is 0 Å². The normalized spacial score (nSPS) is 16.5. The number of nitrogens with zero attached hydrogens (tertiary/aromatic N) is 8. The highest BCUT2D eigenvalue weighted by molar-refractivity contribution is 6.29. The fraction of sp³-hybridized carbons (Fsp3) is 0.522. The van der Waals surface area contributed by atoms with Gasteiger partial charge in [-0.15, -0.1) is 0 Å². The minimum absolute atomic E-state index is 0.0502. The van der Waals surface area contributed by atoms with Crippen molar-refractivity contribution in [1.82, 2.24) is 33.9 Å². The molecule has 35 heavy (non-hydrogen) atoms. The third-order valence-electron chi connectivity index (χ3n) is 6.10. The van der Waals surface area contributed by atoms with E-state index in [2.05, 4.69) is 15.0 Å². The van der Waals surface area contributed by atoms with Crippen LogP contribution in [0.1, 0.15) is 27.2 Å². The zero-order valence-corrected chi connectivity index (χ0v) is 20.9. The summed E-state index contributed by atoms with van der Waals surface area (Å²) in [6.45, 7) is 9.31. The van der Waals surface area contributed by atoms with Crippen molar-refractivity contribution in [2.45, 2.75) is 39.3 Å². The molecular weight excluding hydrogens is 472 g/mol. The van der Waals surface area contributed by atoms with Gasteiger partial charge in [-0.05, 0) is 27.2 Å². The lowest BCUT2D eigenvalue weighted by Crippen LogP contribution is -2.52. The number of anilines is 1. The summed E-state index contributed by atoms with van der Waals surface area (Å²) in [7, 11) is 0. The maximum absolute atomic E-state index is 12.9. The fourth-order valence-electron chi connectivity index (χ4n) is 4.11. The number of aromatic nitrogens is 5. The van der Waals surface area contributed by atoms with E-state index in [-0.39, 0.29) is 18.5 Å². The van der Waals surface area contributed by atoms with E-state index in [1.54, 1.807) is 26.9 Å². The molecule has 0 N–H and O–H groups in total. The largest absolute Gasteiger partial charge is 0.444 e. The van der Waals surface area contributed by atoms with Crippen LogP contribution < -0.4 is 4.90 Å². The molecule has 0 aliphatic carbocycles. The van der Waals surface area contributed by atoms with Gasteiger partial charge in [0.05, 0.1) is 18.1 Å². The van der Waals surface area contributed by atoms with Crippen LogP contribution in [0.15, 0.2) is 24.8 Å². The van der Waals surface area contributed by atoms with E-state index in [0.29, 0.717) is 37.0 Å². The van der Waals surface area contributed by atoms with Gasteiger partial charge in [-0.25, -0.2) is 14.8 Å². The summed E-state index contributed by atoms with van der Waals surface area (Å²) in [6, 6.07) is 0. The summed E-state index contributed by atoms with van der Waals surface area (Å²) in [6.07, 6.45) is 7.75. The molecule has 0 spiro atoms. The summed E-state index contributed by atoms with van der Waals surface area (Å²) in [5, 5.41) is 4.90. The van der Waals surface area contributed by atoms with Crippen LogP contribution in [0.4, 0.5) is 10.6 Å². The van der Waals surface area contributed by atoms with Crippen LogP contribution in [0.25, 0.3) is 16.9 Å². The number of hydrogen-bond donors (Lipinski definition) is 0. The Morgan fingerprint density at radius 1 is 1.03 bits per heavy atom. The Labute approximate surface area is 208 Å². The maximum atomic E-state index is 12.9. The molecule has 0 bridgehead atoms. The number of carbonyl (C=O) groups excluding carboxylic acids is 2. The lowest BCUT2D eigenvalue weighted by Gasteiger charge is -2.35. The number of imidazole rings is 1. The summed E-state index contributed by atoms with van der Waals surface area (Å²) in [4.78, 5) is 39.9. The number of fused-ring (bicyclic) bond motifs is 1. The van der Waals surface area contributed by atoms with E-state index in [1.807, 2.05) is 37.6 Å². The van der Waals surface area contributed by atoms with Gasteiger partial charge in [0.1, 0.15) is 17.3 Å². The van der Waals surface area contributed by atoms with Crippen LogP contribution in [0.2, 0.25) is 5.15 Å². The molecule has 2 saturated heterocycles. The molecule has 0 atom stereocenters. The van der Waals surface area contributed by atoms with Crippen LogP contribution in [-0.4, -0.2) is 90.8 Å². The molecule has 0 radical (unpaired) electrons. The lowest BCUT2D eigenvalue weighted by atomic mass is 10.2. The van der Waals surface area contributed by atoms with Gasteiger partial charge in [-0.3, -0.25) is 13.9 Å². The van der Waals surface area contributed by atoms with Crippen molar-refractivity contribution in [2.75, 3.05) is 44.2 Å². The van der Waals surface area contributed by atoms with Gasteiger partial charge < -0.3 is 19.4 Å². The van der Waals surface area contributed by atoms with Gasteiger partial charge in [0.2, 0.25) is 5.91 Å². The minimum Gasteiger partial charge on any atom is -0.444 e. The van der Waals surface area contributed by atoms with E-state index in [4.69, 9.17) is 21.3 Å². The Balaban J connectivity index is 1.25. The standard InChI is InChI=1S/C23H29ClN8O3/c1-23(2,3)35-22(34)30-9-7-28(8-10-30)19(33)15-31-13-16(11-26-31)17-14-32-18(24)12-25-20(32)21(27-17)29-5-4-6-29/h11-14H,4-10,15H2,1-3H3. The van der Waals surface area contributed by atoms with Crippen molar-refractivity contribution in [3.05, 3.63) is 29.9 Å². The Kier molecular flexibility index (Phi) is 6.04. The van der Waals surface area contributed by atoms with Crippen molar-refractivity contribution >= 4 is 35.1 Å². The monoisotopic (exact) mass is 500 g/mol. The molecule has 0 unspecified atom stereocenters. The molecule has 0 saturated carbocycles. The van der Waals surface area contributed by atoms with Crippen molar-refractivity contribution < 1.29 is 14.3 Å². The van der Waals surface area contributed by atoms with Crippen LogP contribution in [0, 0.1) is 0 Å². The quantitative estimate of drug-likeness (QED) is 0.542. The molecule has 3 aromatic rings. The van der Waals surface area contributed by atoms with Crippen molar-refractivity contribution in [2.24, 2.45) is 0 Å². The molecule has 5 rings (SSSR count). The molecule has 2 aliphatic rings. The van der Waals surface area contributed by atoms with Gasteiger partial charge in [0, 0.05) is 57.2 Å². The van der Waals surface area contributed by atoms with Gasteiger partial charge in [0.25, 0.3) is 0 Å². The molecule has 2 aliphatic heterocycles. The van der Waals surface area contributed by atoms with E-state index >= 15 is 0 Å². The molecule has 12 heteroatoms. The topological polar surface area (TPSA) is 101 Å². The first kappa shape index (κ1) is 23.4. The SMILES string of the molecule is CC(C)(C)OC(=O)N1CCN(C(=O)Cn2cc(-c3cn4c(Cl)cnc4c(N4CCC4)n3)cn2)CC1. The third kappa shape index (κ3) is 4.90. The smallest absolute Gasteiger partial charge is 0.410 e. The Morgan fingerprint density at radius 3 is 2.40 bits per heavy atom. The van der Waals surface area contributed by atoms with Gasteiger partial charge in [0.15, 0.2) is 11.5 Å². The molecule has 11 nitrogen and oxygen atoms in total. The number of ether oxygens (including phenoxy) is 1. The highest BCUT2D eigenvalue weighted by Crippen LogP contribution is 2.29. The average molecular weight is 501 g/mol. The number of rotatable bonds is 4. The van der Waals surface area contributed by atoms with Crippen molar-refractivity contribution in [3.8, 4) is 11.3 Å². The first-order chi connectivity index (χ1) is 16.7. The van der Waals surface area contributed by atoms with E-state index in [9.17, 15) is 9.59 Å². The molecule has 2 fully saturated rings. The highest BCUT2D eigenvalue weighted by atomic mass is 35.5. The minimum atomic E-state index is -0.541. The maximum Gasteiger partial charge on any atom is 0.410 e. The number of carbonyl (C=O) groups is 2. The Morgan fingerprint density at radius 2 is 1.74 bits per heavy atom. The predicted molar refractivity (Wildman–Crippen MR) is 130 cm³/mol. The zero-order chi connectivity index (χ0) is 24.7. The second kappa shape index (κ2) is 9.03. The van der Waals surface area contributed by atoms with Gasteiger partial charge in [-0.1, -0.05) is 11.6 Å². The molecule has 186 valence electrons. The fourth-order valence-corrected chi connectivity index (χ4v) is 4.29. The zero-order valence-electron chi connectivity index (χ0n) is 20.1. The van der Waals surface area contributed by atoms with Gasteiger partial charge in [-0.2, -0.15) is 5.10 Å². The number of hydrogen-bond acceptors (Lipinski definition) is 7. The van der Waals surface area contributed by atoms with E-state index in [1.165, 1.54) is 0 Å². The molecule has 5 heterocycles. The lowest BCUT2D eigenvalue weighted by molar-refractivity contribution is -0.133. The number of amides is 2. The molecule has 3 aromatic heterocycles. The van der Waals surface area contributed by atoms with E-state index in [0.717, 1.165) is 36.5 Å². The van der Waals surface area contributed by atoms with Crippen molar-refractivity contribution in [3.63, 3.8) is 0 Å². The van der Waals surface area contributed by atoms with Crippen LogP contribution in [-0.2, 0) is 16.1 Å². The first-order valence-corrected chi connectivity index (χ1v) is 12.1. The average Bonchev–Trinajstić information content (AvgIpc) is 3.38.